The summed E-state index contributed by atoms with van der Waals surface area (Å²) in [6.07, 6.45) is 2.60. The van der Waals surface area contributed by atoms with Gasteiger partial charge < -0.3 is 10.4 Å². The first-order valence-electron chi connectivity index (χ1n) is 6.51. The molecular weight excluding hydrogens is 212 g/mol. The second-order valence-electron chi connectivity index (χ2n) is 4.79. The van der Waals surface area contributed by atoms with Gasteiger partial charge in [0.2, 0.25) is 0 Å². The summed E-state index contributed by atoms with van der Waals surface area (Å²) >= 11 is 0. The van der Waals surface area contributed by atoms with E-state index in [0.717, 1.165) is 19.6 Å². The van der Waals surface area contributed by atoms with Crippen LogP contribution in [0.15, 0.2) is 24.3 Å². The highest BCUT2D eigenvalue weighted by molar-refractivity contribution is 5.25. The average Bonchev–Trinajstić information content (AvgIpc) is 2.84. The Morgan fingerprint density at radius 3 is 2.71 bits per heavy atom. The molecule has 0 aliphatic carbocycles. The van der Waals surface area contributed by atoms with Crippen LogP contribution in [-0.4, -0.2) is 35.7 Å². The fourth-order valence-electron chi connectivity index (χ4n) is 2.39. The first kappa shape index (κ1) is 12.4. The zero-order chi connectivity index (χ0) is 12.1. The Kier molecular flexibility index (Phi) is 4.40. The van der Waals surface area contributed by atoms with Crippen LogP contribution in [0.25, 0.3) is 0 Å². The highest BCUT2D eigenvalue weighted by Crippen LogP contribution is 2.13. The maximum Gasteiger partial charge on any atom is 0.115 e. The summed E-state index contributed by atoms with van der Waals surface area (Å²) < 4.78 is 0. The summed E-state index contributed by atoms with van der Waals surface area (Å²) in [5.74, 6) is 0.342. The van der Waals surface area contributed by atoms with Gasteiger partial charge in [-0.3, -0.25) is 4.90 Å². The number of nitrogens with zero attached hydrogens (tertiary/aromatic N) is 1. The second-order valence-corrected chi connectivity index (χ2v) is 4.79. The monoisotopic (exact) mass is 234 g/mol. The van der Waals surface area contributed by atoms with Gasteiger partial charge in [-0.05, 0) is 43.6 Å². The average molecular weight is 234 g/mol. The lowest BCUT2D eigenvalue weighted by molar-refractivity contribution is 0.253. The Balaban J connectivity index is 1.87. The lowest BCUT2D eigenvalue weighted by atomic mass is 10.1. The lowest BCUT2D eigenvalue weighted by Gasteiger charge is -2.24. The van der Waals surface area contributed by atoms with Gasteiger partial charge in [0.15, 0.2) is 0 Å². The fourth-order valence-corrected chi connectivity index (χ4v) is 2.39. The molecule has 1 aromatic rings. The van der Waals surface area contributed by atoms with Crippen LogP contribution >= 0.6 is 0 Å². The van der Waals surface area contributed by atoms with Crippen LogP contribution in [0.4, 0.5) is 0 Å². The van der Waals surface area contributed by atoms with Crippen LogP contribution in [0.5, 0.6) is 5.75 Å². The van der Waals surface area contributed by atoms with Crippen molar-refractivity contribution in [1.82, 2.24) is 10.2 Å². The molecule has 1 aliphatic rings. The van der Waals surface area contributed by atoms with E-state index >= 15 is 0 Å². The number of phenolic OH excluding ortho intramolecular Hbond substituents is 1. The normalized spacial score (nSPS) is 20.0. The van der Waals surface area contributed by atoms with E-state index in [9.17, 15) is 5.11 Å². The molecule has 3 nitrogen and oxygen atoms in total. The fraction of sp³-hybridized carbons (Fsp3) is 0.571. The molecule has 1 unspecified atom stereocenters. The summed E-state index contributed by atoms with van der Waals surface area (Å²) in [5, 5.41) is 12.8. The first-order chi connectivity index (χ1) is 8.28. The van der Waals surface area contributed by atoms with Crippen LogP contribution in [-0.2, 0) is 6.54 Å². The van der Waals surface area contributed by atoms with Gasteiger partial charge in [0.25, 0.3) is 0 Å². The molecule has 1 fully saturated rings. The van der Waals surface area contributed by atoms with E-state index in [1.165, 1.54) is 24.9 Å². The van der Waals surface area contributed by atoms with Crippen molar-refractivity contribution in [3.63, 3.8) is 0 Å². The summed E-state index contributed by atoms with van der Waals surface area (Å²) in [6, 6.07) is 8.18. The molecule has 0 saturated carbocycles. The summed E-state index contributed by atoms with van der Waals surface area (Å²) in [6.45, 7) is 6.53. The Morgan fingerprint density at radius 1 is 1.35 bits per heavy atom. The van der Waals surface area contributed by atoms with E-state index in [1.807, 2.05) is 12.1 Å². The van der Waals surface area contributed by atoms with Crippen molar-refractivity contribution >= 4 is 0 Å². The predicted molar refractivity (Wildman–Crippen MR) is 70.1 cm³/mol. The Bertz CT molecular complexity index is 331. The molecule has 0 aromatic heterocycles. The van der Waals surface area contributed by atoms with Crippen molar-refractivity contribution < 1.29 is 5.11 Å². The molecule has 94 valence electrons. The summed E-state index contributed by atoms with van der Waals surface area (Å²) in [7, 11) is 0. The van der Waals surface area contributed by atoms with E-state index in [2.05, 4.69) is 17.1 Å². The van der Waals surface area contributed by atoms with E-state index in [0.29, 0.717) is 11.8 Å². The molecule has 0 radical (unpaired) electrons. The largest absolute Gasteiger partial charge is 0.508 e. The van der Waals surface area contributed by atoms with Crippen LogP contribution in [0.1, 0.15) is 25.3 Å². The smallest absolute Gasteiger partial charge is 0.115 e. The summed E-state index contributed by atoms with van der Waals surface area (Å²) in [4.78, 5) is 2.45. The molecule has 2 rings (SSSR count). The van der Waals surface area contributed by atoms with Crippen molar-refractivity contribution in [3.8, 4) is 5.75 Å². The summed E-state index contributed by atoms with van der Waals surface area (Å²) in [5.41, 5.74) is 1.27. The van der Waals surface area contributed by atoms with Gasteiger partial charge in [-0.15, -0.1) is 0 Å². The number of rotatable bonds is 5. The van der Waals surface area contributed by atoms with Gasteiger partial charge in [0.1, 0.15) is 5.75 Å². The molecule has 1 aromatic carbocycles. The third-order valence-corrected chi connectivity index (χ3v) is 3.43. The Hall–Kier alpha value is -1.06. The zero-order valence-corrected chi connectivity index (χ0v) is 10.5. The number of benzene rings is 1. The topological polar surface area (TPSA) is 35.5 Å². The first-order valence-corrected chi connectivity index (χ1v) is 6.51. The van der Waals surface area contributed by atoms with Crippen molar-refractivity contribution in [1.29, 1.82) is 0 Å². The quantitative estimate of drug-likeness (QED) is 0.817. The number of aromatic hydroxyl groups is 1. The van der Waals surface area contributed by atoms with E-state index in [-0.39, 0.29) is 0 Å². The van der Waals surface area contributed by atoms with Crippen molar-refractivity contribution in [2.24, 2.45) is 0 Å². The van der Waals surface area contributed by atoms with Gasteiger partial charge in [0.05, 0.1) is 0 Å². The molecular formula is C14H22N2O. The third kappa shape index (κ3) is 3.72. The Labute approximate surface area is 103 Å². The molecule has 1 atom stereocenters. The standard InChI is InChI=1S/C14H22N2O/c1-2-16(11-13-4-3-9-15-13)10-12-5-7-14(17)8-6-12/h5-8,13,15,17H,2-4,9-11H2,1H3. The van der Waals surface area contributed by atoms with E-state index < -0.39 is 0 Å². The minimum atomic E-state index is 0.342. The van der Waals surface area contributed by atoms with Crippen LogP contribution in [0.2, 0.25) is 0 Å². The highest BCUT2D eigenvalue weighted by atomic mass is 16.3. The van der Waals surface area contributed by atoms with Crippen LogP contribution in [0.3, 0.4) is 0 Å². The van der Waals surface area contributed by atoms with E-state index in [1.54, 1.807) is 12.1 Å². The SMILES string of the molecule is CCN(Cc1ccc(O)cc1)CC1CCCN1. The van der Waals surface area contributed by atoms with Gasteiger partial charge in [0, 0.05) is 19.1 Å². The molecule has 0 bridgehead atoms. The predicted octanol–water partition coefficient (Wildman–Crippen LogP) is 1.97. The maximum atomic E-state index is 9.25. The third-order valence-electron chi connectivity index (χ3n) is 3.43. The molecule has 0 spiro atoms. The van der Waals surface area contributed by atoms with Gasteiger partial charge in [-0.2, -0.15) is 0 Å². The highest BCUT2D eigenvalue weighted by Gasteiger charge is 2.16. The maximum absolute atomic E-state index is 9.25. The molecule has 1 heterocycles. The van der Waals surface area contributed by atoms with Crippen LogP contribution in [0, 0.1) is 0 Å². The lowest BCUT2D eigenvalue weighted by Crippen LogP contribution is -2.37. The minimum Gasteiger partial charge on any atom is -0.508 e. The number of nitrogens with one attached hydrogen (secondary N) is 1. The molecule has 17 heavy (non-hydrogen) atoms. The van der Waals surface area contributed by atoms with Crippen molar-refractivity contribution in [2.45, 2.75) is 32.4 Å². The zero-order valence-electron chi connectivity index (χ0n) is 10.5. The molecule has 3 heteroatoms. The minimum absolute atomic E-state index is 0.342. The van der Waals surface area contributed by atoms with Crippen molar-refractivity contribution in [3.05, 3.63) is 29.8 Å². The molecule has 1 saturated heterocycles. The van der Waals surface area contributed by atoms with Crippen molar-refractivity contribution in [2.75, 3.05) is 19.6 Å². The molecule has 1 aliphatic heterocycles. The number of phenols is 1. The van der Waals surface area contributed by atoms with Gasteiger partial charge in [-0.1, -0.05) is 19.1 Å². The number of hydrogen-bond donors (Lipinski definition) is 2. The molecule has 2 N–H and O–H groups in total. The van der Waals surface area contributed by atoms with Gasteiger partial charge in [-0.25, -0.2) is 0 Å². The van der Waals surface area contributed by atoms with Crippen LogP contribution < -0.4 is 5.32 Å². The van der Waals surface area contributed by atoms with Gasteiger partial charge >= 0.3 is 0 Å². The number of likely N-dealkylation sites (N-methyl/N-ethyl adjacent to an activating group) is 1. The number of hydrogen-bond acceptors (Lipinski definition) is 3. The van der Waals surface area contributed by atoms with E-state index in [4.69, 9.17) is 0 Å². The molecule has 0 amide bonds. The Morgan fingerprint density at radius 2 is 2.12 bits per heavy atom. The second kappa shape index (κ2) is 6.03.